The zero-order valence-electron chi connectivity index (χ0n) is 19.0. The van der Waals surface area contributed by atoms with Gasteiger partial charge in [0.05, 0.1) is 12.8 Å². The van der Waals surface area contributed by atoms with Crippen molar-refractivity contribution in [2.24, 2.45) is 0 Å². The number of carbonyl (C=O) groups is 1. The van der Waals surface area contributed by atoms with Gasteiger partial charge >= 0.3 is 0 Å². The van der Waals surface area contributed by atoms with E-state index in [2.05, 4.69) is 9.88 Å². The maximum absolute atomic E-state index is 13.7. The number of rotatable bonds is 8. The van der Waals surface area contributed by atoms with Crippen LogP contribution in [0.25, 0.3) is 10.9 Å². The number of carbonyl (C=O) groups excluding carboxylic acids is 1. The molecule has 0 aliphatic heterocycles. The SMILES string of the molecule is O=C(C[C@H](c1ccc(F)cc1)c1cn(Cc2ccc(F)cc2)c2ccccc12)NCc1ccco1. The average molecular weight is 471 g/mol. The van der Waals surface area contributed by atoms with Gasteiger partial charge in [-0.15, -0.1) is 0 Å². The molecule has 0 bridgehead atoms. The average Bonchev–Trinajstić information content (AvgIpc) is 3.52. The minimum absolute atomic E-state index is 0.133. The van der Waals surface area contributed by atoms with Gasteiger partial charge < -0.3 is 14.3 Å². The van der Waals surface area contributed by atoms with Gasteiger partial charge in [0.15, 0.2) is 0 Å². The number of halogens is 2. The number of nitrogens with one attached hydrogen (secondary N) is 1. The molecule has 3 aromatic carbocycles. The summed E-state index contributed by atoms with van der Waals surface area (Å²) in [4.78, 5) is 13.0. The van der Waals surface area contributed by atoms with E-state index < -0.39 is 0 Å². The van der Waals surface area contributed by atoms with Crippen molar-refractivity contribution < 1.29 is 18.0 Å². The van der Waals surface area contributed by atoms with Gasteiger partial charge in [-0.1, -0.05) is 42.5 Å². The zero-order chi connectivity index (χ0) is 24.2. The maximum atomic E-state index is 13.7. The fourth-order valence-electron chi connectivity index (χ4n) is 4.43. The first-order valence-corrected chi connectivity index (χ1v) is 11.4. The van der Waals surface area contributed by atoms with E-state index in [1.54, 1.807) is 42.7 Å². The van der Waals surface area contributed by atoms with Crippen LogP contribution in [0.15, 0.2) is 102 Å². The first-order chi connectivity index (χ1) is 17.1. The molecule has 0 aliphatic carbocycles. The van der Waals surface area contributed by atoms with E-state index in [-0.39, 0.29) is 29.9 Å². The number of furan rings is 1. The predicted octanol–water partition coefficient (Wildman–Crippen LogP) is 6.40. The minimum Gasteiger partial charge on any atom is -0.467 e. The number of amides is 1. The van der Waals surface area contributed by atoms with Gasteiger partial charge in [0.2, 0.25) is 5.91 Å². The van der Waals surface area contributed by atoms with Gasteiger partial charge in [0.25, 0.3) is 0 Å². The zero-order valence-corrected chi connectivity index (χ0v) is 19.0. The predicted molar refractivity (Wildman–Crippen MR) is 131 cm³/mol. The van der Waals surface area contributed by atoms with Crippen LogP contribution in [0.1, 0.15) is 34.8 Å². The van der Waals surface area contributed by atoms with Crippen LogP contribution in [0.3, 0.4) is 0 Å². The molecule has 0 unspecified atom stereocenters. The Morgan fingerprint density at radius 2 is 1.60 bits per heavy atom. The second-order valence-electron chi connectivity index (χ2n) is 8.52. The van der Waals surface area contributed by atoms with E-state index >= 15 is 0 Å². The third-order valence-electron chi connectivity index (χ3n) is 6.16. The molecule has 0 saturated heterocycles. The third kappa shape index (κ3) is 5.17. The summed E-state index contributed by atoms with van der Waals surface area (Å²) in [6, 6.07) is 24.3. The van der Waals surface area contributed by atoms with E-state index in [4.69, 9.17) is 4.42 Å². The van der Waals surface area contributed by atoms with E-state index in [1.165, 1.54) is 24.3 Å². The number of para-hydroxylation sites is 1. The Kier molecular flexibility index (Phi) is 6.44. The van der Waals surface area contributed by atoms with Crippen LogP contribution in [0.5, 0.6) is 0 Å². The van der Waals surface area contributed by atoms with Gasteiger partial charge in [-0.05, 0) is 59.2 Å². The molecule has 0 saturated carbocycles. The summed E-state index contributed by atoms with van der Waals surface area (Å²) in [5.41, 5.74) is 3.80. The number of fused-ring (bicyclic) bond motifs is 1. The van der Waals surface area contributed by atoms with Crippen LogP contribution in [-0.2, 0) is 17.9 Å². The summed E-state index contributed by atoms with van der Waals surface area (Å²) in [5.74, 6) is -0.345. The Morgan fingerprint density at radius 3 is 2.31 bits per heavy atom. The summed E-state index contributed by atoms with van der Waals surface area (Å²) >= 11 is 0. The minimum atomic E-state index is -0.325. The van der Waals surface area contributed by atoms with Crippen molar-refractivity contribution >= 4 is 16.8 Å². The molecule has 4 nitrogen and oxygen atoms in total. The van der Waals surface area contributed by atoms with Gasteiger partial charge in [0.1, 0.15) is 17.4 Å². The fraction of sp³-hybridized carbons (Fsp3) is 0.138. The molecule has 2 heterocycles. The van der Waals surface area contributed by atoms with Crippen molar-refractivity contribution in [1.82, 2.24) is 9.88 Å². The highest BCUT2D eigenvalue weighted by atomic mass is 19.1. The van der Waals surface area contributed by atoms with Crippen LogP contribution < -0.4 is 5.32 Å². The van der Waals surface area contributed by atoms with Crippen molar-refractivity contribution in [2.45, 2.75) is 25.4 Å². The molecule has 1 atom stereocenters. The van der Waals surface area contributed by atoms with Crippen molar-refractivity contribution in [3.63, 3.8) is 0 Å². The molecule has 1 N–H and O–H groups in total. The highest BCUT2D eigenvalue weighted by molar-refractivity contribution is 5.86. The molecule has 1 amide bonds. The fourth-order valence-corrected chi connectivity index (χ4v) is 4.43. The molecular formula is C29H24F2N2O2. The summed E-state index contributed by atoms with van der Waals surface area (Å²) < 4.78 is 34.5. The van der Waals surface area contributed by atoms with Crippen LogP contribution in [0.4, 0.5) is 8.78 Å². The summed E-state index contributed by atoms with van der Waals surface area (Å²) in [5, 5.41) is 3.93. The van der Waals surface area contributed by atoms with Crippen LogP contribution in [0, 0.1) is 11.6 Å². The van der Waals surface area contributed by atoms with Crippen molar-refractivity contribution in [3.05, 3.63) is 131 Å². The molecule has 0 spiro atoms. The number of benzene rings is 3. The molecule has 35 heavy (non-hydrogen) atoms. The summed E-state index contributed by atoms with van der Waals surface area (Å²) in [6.07, 6.45) is 3.80. The Labute approximate surface area is 201 Å². The quantitative estimate of drug-likeness (QED) is 0.285. The molecule has 5 rings (SSSR count). The van der Waals surface area contributed by atoms with Gasteiger partial charge in [-0.3, -0.25) is 4.79 Å². The largest absolute Gasteiger partial charge is 0.467 e. The smallest absolute Gasteiger partial charge is 0.221 e. The number of hydrogen-bond acceptors (Lipinski definition) is 2. The third-order valence-corrected chi connectivity index (χ3v) is 6.16. The van der Waals surface area contributed by atoms with Crippen molar-refractivity contribution in [3.8, 4) is 0 Å². The summed E-state index contributed by atoms with van der Waals surface area (Å²) in [6.45, 7) is 0.857. The first kappa shape index (κ1) is 22.6. The lowest BCUT2D eigenvalue weighted by Gasteiger charge is -2.17. The lowest BCUT2D eigenvalue weighted by atomic mass is 9.88. The van der Waals surface area contributed by atoms with Gasteiger partial charge in [-0.2, -0.15) is 0 Å². The van der Waals surface area contributed by atoms with Crippen LogP contribution in [0.2, 0.25) is 0 Å². The van der Waals surface area contributed by atoms with Gasteiger partial charge in [0, 0.05) is 36.0 Å². The molecule has 6 heteroatoms. The number of nitrogens with zero attached hydrogens (tertiary/aromatic N) is 1. The second-order valence-corrected chi connectivity index (χ2v) is 8.52. The van der Waals surface area contributed by atoms with Crippen molar-refractivity contribution in [1.29, 1.82) is 0 Å². The van der Waals surface area contributed by atoms with E-state index in [1.807, 2.05) is 30.5 Å². The number of hydrogen-bond donors (Lipinski definition) is 1. The van der Waals surface area contributed by atoms with Gasteiger partial charge in [-0.25, -0.2) is 8.78 Å². The Balaban J connectivity index is 1.50. The molecule has 176 valence electrons. The van der Waals surface area contributed by atoms with E-state index in [9.17, 15) is 13.6 Å². The Bertz CT molecular complexity index is 1420. The van der Waals surface area contributed by atoms with E-state index in [0.29, 0.717) is 18.8 Å². The topological polar surface area (TPSA) is 47.2 Å². The number of aromatic nitrogens is 1. The standard InChI is InChI=1S/C29H24F2N2O2/c30-22-11-7-20(8-12-22)18-33-19-27(25-5-1-2-6-28(25)33)26(21-9-13-23(31)14-10-21)16-29(34)32-17-24-4-3-15-35-24/h1-15,19,26H,16-18H2,(H,32,34)/t26-/m1/s1. The van der Waals surface area contributed by atoms with Crippen molar-refractivity contribution in [2.75, 3.05) is 0 Å². The normalized spacial score (nSPS) is 12.1. The maximum Gasteiger partial charge on any atom is 0.221 e. The highest BCUT2D eigenvalue weighted by Gasteiger charge is 2.23. The molecule has 0 fully saturated rings. The molecule has 0 radical (unpaired) electrons. The highest BCUT2D eigenvalue weighted by Crippen LogP contribution is 2.35. The Hall–Kier alpha value is -4.19. The van der Waals surface area contributed by atoms with E-state index in [0.717, 1.165) is 27.6 Å². The first-order valence-electron chi connectivity index (χ1n) is 11.4. The lowest BCUT2D eigenvalue weighted by molar-refractivity contribution is -0.121. The monoisotopic (exact) mass is 470 g/mol. The van der Waals surface area contributed by atoms with Crippen LogP contribution >= 0.6 is 0 Å². The molecule has 0 aliphatic rings. The second kappa shape index (κ2) is 9.97. The summed E-state index contributed by atoms with van der Waals surface area (Å²) in [7, 11) is 0. The molecular weight excluding hydrogens is 446 g/mol. The van der Waals surface area contributed by atoms with Crippen LogP contribution in [-0.4, -0.2) is 10.5 Å². The molecule has 2 aromatic heterocycles. The lowest BCUT2D eigenvalue weighted by Crippen LogP contribution is -2.24. The Morgan fingerprint density at radius 1 is 0.886 bits per heavy atom. The molecule has 5 aromatic rings.